The van der Waals surface area contributed by atoms with Gasteiger partial charge in [-0.25, -0.2) is 0 Å². The maximum Gasteiger partial charge on any atom is 0.0476 e. The molecule has 0 saturated carbocycles. The highest BCUT2D eigenvalue weighted by atomic mass is 35.5. The Morgan fingerprint density at radius 1 is 1.31 bits per heavy atom. The maximum atomic E-state index is 6.14. The first-order chi connectivity index (χ1) is 7.65. The van der Waals surface area contributed by atoms with E-state index in [2.05, 4.69) is 25.2 Å². The predicted octanol–water partition coefficient (Wildman–Crippen LogP) is 3.42. The minimum Gasteiger partial charge on any atom is -0.385 e. The lowest BCUT2D eigenvalue weighted by molar-refractivity contribution is 0.183. The number of nitrogens with one attached hydrogen (secondary N) is 1. The standard InChI is InChI=1S/C13H20ClNO/c1-10(8-9-16-3)15-11(2)12-6-4-5-7-13(12)14/h4-7,10-11,15H,8-9H2,1-3H3. The minimum absolute atomic E-state index is 0.264. The normalized spacial score (nSPS) is 14.8. The van der Waals surface area contributed by atoms with Crippen molar-refractivity contribution in [1.29, 1.82) is 0 Å². The van der Waals surface area contributed by atoms with Gasteiger partial charge in [0.05, 0.1) is 0 Å². The fourth-order valence-electron chi connectivity index (χ4n) is 1.72. The van der Waals surface area contributed by atoms with E-state index in [1.165, 1.54) is 0 Å². The molecular weight excluding hydrogens is 222 g/mol. The van der Waals surface area contributed by atoms with Gasteiger partial charge >= 0.3 is 0 Å². The molecule has 16 heavy (non-hydrogen) atoms. The van der Waals surface area contributed by atoms with Gasteiger partial charge in [-0.15, -0.1) is 0 Å². The molecule has 1 aromatic carbocycles. The zero-order chi connectivity index (χ0) is 12.0. The van der Waals surface area contributed by atoms with Gasteiger partial charge in [0.2, 0.25) is 0 Å². The van der Waals surface area contributed by atoms with Crippen LogP contribution in [0.3, 0.4) is 0 Å². The molecule has 0 aliphatic heterocycles. The second kappa shape index (κ2) is 6.89. The van der Waals surface area contributed by atoms with Crippen LogP contribution in [0.2, 0.25) is 5.02 Å². The van der Waals surface area contributed by atoms with Gasteiger partial charge in [-0.05, 0) is 31.9 Å². The lowest BCUT2D eigenvalue weighted by Crippen LogP contribution is -2.30. The number of methoxy groups -OCH3 is 1. The van der Waals surface area contributed by atoms with Gasteiger partial charge in [0.15, 0.2) is 0 Å². The van der Waals surface area contributed by atoms with Crippen LogP contribution >= 0.6 is 11.6 Å². The second-order valence-electron chi connectivity index (χ2n) is 4.09. The van der Waals surface area contributed by atoms with E-state index in [0.717, 1.165) is 23.6 Å². The van der Waals surface area contributed by atoms with Crippen LogP contribution in [-0.2, 0) is 4.74 Å². The molecule has 90 valence electrons. The second-order valence-corrected chi connectivity index (χ2v) is 4.50. The summed E-state index contributed by atoms with van der Waals surface area (Å²) in [6.07, 6.45) is 1.01. The monoisotopic (exact) mass is 241 g/mol. The van der Waals surface area contributed by atoms with Gasteiger partial charge in [0.1, 0.15) is 0 Å². The van der Waals surface area contributed by atoms with Crippen LogP contribution in [0.15, 0.2) is 24.3 Å². The van der Waals surface area contributed by atoms with Gasteiger partial charge in [0, 0.05) is 30.8 Å². The third-order valence-electron chi connectivity index (χ3n) is 2.66. The molecule has 0 aliphatic carbocycles. The third kappa shape index (κ3) is 4.12. The molecule has 1 N–H and O–H groups in total. The first-order valence-corrected chi connectivity index (χ1v) is 6.02. The summed E-state index contributed by atoms with van der Waals surface area (Å²) in [6, 6.07) is 8.64. The van der Waals surface area contributed by atoms with Crippen LogP contribution in [0.4, 0.5) is 0 Å². The number of rotatable bonds is 6. The molecule has 3 heteroatoms. The highest BCUT2D eigenvalue weighted by molar-refractivity contribution is 6.31. The van der Waals surface area contributed by atoms with Gasteiger partial charge in [-0.1, -0.05) is 29.8 Å². The number of halogens is 1. The molecule has 0 heterocycles. The van der Waals surface area contributed by atoms with Crippen molar-refractivity contribution in [1.82, 2.24) is 5.32 Å². The van der Waals surface area contributed by atoms with Crippen LogP contribution < -0.4 is 5.32 Å². The highest BCUT2D eigenvalue weighted by Gasteiger charge is 2.11. The van der Waals surface area contributed by atoms with Crippen molar-refractivity contribution in [2.24, 2.45) is 0 Å². The van der Waals surface area contributed by atoms with Crippen molar-refractivity contribution in [2.75, 3.05) is 13.7 Å². The van der Waals surface area contributed by atoms with Gasteiger partial charge in [-0.3, -0.25) is 0 Å². The molecule has 0 bridgehead atoms. The number of ether oxygens (including phenoxy) is 1. The topological polar surface area (TPSA) is 21.3 Å². The average molecular weight is 242 g/mol. The Labute approximate surface area is 103 Å². The van der Waals surface area contributed by atoms with Crippen LogP contribution in [0.1, 0.15) is 31.9 Å². The van der Waals surface area contributed by atoms with Crippen molar-refractivity contribution >= 4 is 11.6 Å². The molecule has 1 rings (SSSR count). The Bertz CT molecular complexity index is 317. The molecule has 2 nitrogen and oxygen atoms in total. The van der Waals surface area contributed by atoms with E-state index in [9.17, 15) is 0 Å². The zero-order valence-corrected chi connectivity index (χ0v) is 10.9. The molecule has 0 amide bonds. The molecule has 0 aromatic heterocycles. The smallest absolute Gasteiger partial charge is 0.0476 e. The average Bonchev–Trinajstić information content (AvgIpc) is 2.26. The summed E-state index contributed by atoms with van der Waals surface area (Å²) in [6.45, 7) is 5.07. The van der Waals surface area contributed by atoms with Gasteiger partial charge in [-0.2, -0.15) is 0 Å². The van der Waals surface area contributed by atoms with Gasteiger partial charge in [0.25, 0.3) is 0 Å². The molecule has 0 aliphatic rings. The number of benzene rings is 1. The minimum atomic E-state index is 0.264. The number of hydrogen-bond acceptors (Lipinski definition) is 2. The molecule has 0 radical (unpaired) electrons. The molecule has 0 fully saturated rings. The summed E-state index contributed by atoms with van der Waals surface area (Å²) in [5.41, 5.74) is 1.15. The van der Waals surface area contributed by atoms with Crippen molar-refractivity contribution in [3.63, 3.8) is 0 Å². The molecule has 2 atom stereocenters. The molecule has 2 unspecified atom stereocenters. The Kier molecular flexibility index (Phi) is 5.81. The Morgan fingerprint density at radius 2 is 2.00 bits per heavy atom. The summed E-state index contributed by atoms with van der Waals surface area (Å²) < 4.78 is 5.06. The maximum absolute atomic E-state index is 6.14. The summed E-state index contributed by atoms with van der Waals surface area (Å²) >= 11 is 6.14. The summed E-state index contributed by atoms with van der Waals surface area (Å²) in [5.74, 6) is 0. The summed E-state index contributed by atoms with van der Waals surface area (Å²) in [7, 11) is 1.73. The molecule has 1 aromatic rings. The van der Waals surface area contributed by atoms with Gasteiger partial charge < -0.3 is 10.1 Å². The molecular formula is C13H20ClNO. The summed E-state index contributed by atoms with van der Waals surface area (Å²) in [4.78, 5) is 0. The van der Waals surface area contributed by atoms with Crippen molar-refractivity contribution in [2.45, 2.75) is 32.4 Å². The van der Waals surface area contributed by atoms with E-state index >= 15 is 0 Å². The van der Waals surface area contributed by atoms with E-state index in [-0.39, 0.29) is 6.04 Å². The van der Waals surface area contributed by atoms with Crippen LogP contribution in [0.25, 0.3) is 0 Å². The predicted molar refractivity (Wildman–Crippen MR) is 69.0 cm³/mol. The fourth-order valence-corrected chi connectivity index (χ4v) is 2.02. The fraction of sp³-hybridized carbons (Fsp3) is 0.538. The van der Waals surface area contributed by atoms with E-state index in [4.69, 9.17) is 16.3 Å². The first-order valence-electron chi connectivity index (χ1n) is 5.64. The first kappa shape index (κ1) is 13.5. The third-order valence-corrected chi connectivity index (χ3v) is 3.01. The Hall–Kier alpha value is -0.570. The summed E-state index contributed by atoms with van der Waals surface area (Å²) in [5, 5.41) is 4.33. The van der Waals surface area contributed by atoms with Crippen LogP contribution in [0, 0.1) is 0 Å². The lowest BCUT2D eigenvalue weighted by atomic mass is 10.1. The SMILES string of the molecule is COCCC(C)NC(C)c1ccccc1Cl. The van der Waals surface area contributed by atoms with Crippen molar-refractivity contribution in [3.05, 3.63) is 34.9 Å². The zero-order valence-electron chi connectivity index (χ0n) is 10.2. The van der Waals surface area contributed by atoms with Crippen LogP contribution in [0.5, 0.6) is 0 Å². The molecule has 0 spiro atoms. The number of hydrogen-bond donors (Lipinski definition) is 1. The van der Waals surface area contributed by atoms with E-state index in [1.54, 1.807) is 7.11 Å². The van der Waals surface area contributed by atoms with Crippen molar-refractivity contribution in [3.8, 4) is 0 Å². The largest absolute Gasteiger partial charge is 0.385 e. The van der Waals surface area contributed by atoms with Crippen molar-refractivity contribution < 1.29 is 4.74 Å². The Balaban J connectivity index is 2.52. The molecule has 0 saturated heterocycles. The Morgan fingerprint density at radius 3 is 2.62 bits per heavy atom. The van der Waals surface area contributed by atoms with E-state index in [0.29, 0.717) is 6.04 Å². The highest BCUT2D eigenvalue weighted by Crippen LogP contribution is 2.22. The quantitative estimate of drug-likeness (QED) is 0.824. The lowest BCUT2D eigenvalue weighted by Gasteiger charge is -2.21. The van der Waals surface area contributed by atoms with E-state index in [1.807, 2.05) is 18.2 Å². The van der Waals surface area contributed by atoms with E-state index < -0.39 is 0 Å². The van der Waals surface area contributed by atoms with Crippen LogP contribution in [-0.4, -0.2) is 19.8 Å².